The van der Waals surface area contributed by atoms with Gasteiger partial charge in [-0.2, -0.15) is 0 Å². The Morgan fingerprint density at radius 2 is 1.18 bits per heavy atom. The number of nitrogens with zero attached hydrogens (tertiary/aromatic N) is 1. The van der Waals surface area contributed by atoms with Gasteiger partial charge in [0.2, 0.25) is 0 Å². The summed E-state index contributed by atoms with van der Waals surface area (Å²) in [6.07, 6.45) is 0. The number of aromatic nitrogens is 1. The van der Waals surface area contributed by atoms with Crippen LogP contribution in [0.25, 0.3) is 60.5 Å². The summed E-state index contributed by atoms with van der Waals surface area (Å²) in [4.78, 5) is 0. The van der Waals surface area contributed by atoms with E-state index in [9.17, 15) is 0 Å². The van der Waals surface area contributed by atoms with Crippen molar-refractivity contribution in [2.24, 2.45) is 0 Å². The lowest BCUT2D eigenvalue weighted by Crippen LogP contribution is -2.26. The average molecular weight is 486 g/mol. The van der Waals surface area contributed by atoms with E-state index in [0.717, 1.165) is 0 Å². The highest BCUT2D eigenvalue weighted by Gasteiger charge is 2.34. The molecule has 38 heavy (non-hydrogen) atoms. The van der Waals surface area contributed by atoms with Crippen LogP contribution in [0.3, 0.4) is 0 Å². The van der Waals surface area contributed by atoms with Crippen molar-refractivity contribution < 1.29 is 0 Å². The Balaban J connectivity index is 1.36. The highest BCUT2D eigenvalue weighted by molar-refractivity contribution is 6.12. The fourth-order valence-electron chi connectivity index (χ4n) is 6.69. The molecule has 2 heterocycles. The van der Waals surface area contributed by atoms with Crippen molar-refractivity contribution in [3.63, 3.8) is 0 Å². The maximum Gasteiger partial charge on any atom is 0.0582 e. The Morgan fingerprint density at radius 1 is 0.500 bits per heavy atom. The van der Waals surface area contributed by atoms with Crippen molar-refractivity contribution in [2.75, 3.05) is 0 Å². The number of hydrogen-bond acceptors (Lipinski definition) is 0. The normalized spacial score (nSPS) is 13.7. The van der Waals surface area contributed by atoms with Crippen LogP contribution < -0.4 is 0 Å². The highest BCUT2D eigenvalue weighted by atomic mass is 15.0. The van der Waals surface area contributed by atoms with E-state index in [1.165, 1.54) is 71.6 Å². The lowest BCUT2D eigenvalue weighted by molar-refractivity contribution is 0.630. The first kappa shape index (κ1) is 21.5. The van der Waals surface area contributed by atoms with E-state index in [0.29, 0.717) is 0 Å². The maximum absolute atomic E-state index is 2.48. The zero-order valence-electron chi connectivity index (χ0n) is 21.6. The van der Waals surface area contributed by atoms with E-state index >= 15 is 0 Å². The molecule has 0 spiro atoms. The summed E-state index contributed by atoms with van der Waals surface area (Å²) in [5.41, 5.74) is 11.6. The molecule has 7 aromatic rings. The number of fused-ring (bicyclic) bond motifs is 6. The molecule has 0 aliphatic carbocycles. The van der Waals surface area contributed by atoms with Gasteiger partial charge in [-0.3, -0.25) is 0 Å². The van der Waals surface area contributed by atoms with Crippen LogP contribution >= 0.6 is 0 Å². The predicted octanol–water partition coefficient (Wildman–Crippen LogP) is 9.91. The Morgan fingerprint density at radius 3 is 2.13 bits per heavy atom. The van der Waals surface area contributed by atoms with Gasteiger partial charge in [-0.25, -0.2) is 0 Å². The Bertz CT molecular complexity index is 2050. The van der Waals surface area contributed by atoms with Gasteiger partial charge in [-0.05, 0) is 68.4 Å². The molecule has 1 heteroatoms. The number of rotatable bonds is 2. The molecule has 0 atom stereocenters. The molecule has 0 N–H and O–H groups in total. The van der Waals surface area contributed by atoms with Crippen molar-refractivity contribution in [1.29, 1.82) is 0 Å². The van der Waals surface area contributed by atoms with Crippen LogP contribution in [0, 0.1) is 0 Å². The van der Waals surface area contributed by atoms with Gasteiger partial charge in [0, 0.05) is 16.2 Å². The molecule has 1 aromatic heterocycles. The Kier molecular flexibility index (Phi) is 4.35. The first-order valence-electron chi connectivity index (χ1n) is 13.4. The SMILES string of the molecule is CC1(C)c2ccccc2-n2c3ccc(-c4cccc(-c5cccc6ccccc56)c4)cc3c3cccc1c32. The van der Waals surface area contributed by atoms with Gasteiger partial charge in [0.25, 0.3) is 0 Å². The van der Waals surface area contributed by atoms with Crippen LogP contribution in [0.1, 0.15) is 25.0 Å². The monoisotopic (exact) mass is 485 g/mol. The molecule has 0 saturated carbocycles. The molecule has 0 radical (unpaired) electrons. The Labute approximate surface area is 222 Å². The van der Waals surface area contributed by atoms with Crippen molar-refractivity contribution in [3.8, 4) is 27.9 Å². The average Bonchev–Trinajstić information content (AvgIpc) is 3.30. The molecule has 0 saturated heterocycles. The summed E-state index contributed by atoms with van der Waals surface area (Å²) in [6, 6.07) is 46.9. The number of hydrogen-bond donors (Lipinski definition) is 0. The van der Waals surface area contributed by atoms with Gasteiger partial charge < -0.3 is 4.57 Å². The number of benzene rings is 6. The van der Waals surface area contributed by atoms with E-state index in [4.69, 9.17) is 0 Å². The summed E-state index contributed by atoms with van der Waals surface area (Å²) in [6.45, 7) is 4.71. The molecule has 0 bridgehead atoms. The van der Waals surface area contributed by atoms with Crippen LogP contribution in [-0.2, 0) is 5.41 Å². The molecule has 0 unspecified atom stereocenters. The third-order valence-corrected chi connectivity index (χ3v) is 8.58. The van der Waals surface area contributed by atoms with E-state index in [1.54, 1.807) is 0 Å². The lowest BCUT2D eigenvalue weighted by Gasteiger charge is -2.34. The lowest BCUT2D eigenvalue weighted by atomic mass is 9.75. The third kappa shape index (κ3) is 2.87. The molecular weight excluding hydrogens is 458 g/mol. The second kappa shape index (κ2) is 7.69. The molecule has 8 rings (SSSR count). The van der Waals surface area contributed by atoms with Crippen molar-refractivity contribution in [3.05, 3.63) is 139 Å². The smallest absolute Gasteiger partial charge is 0.0582 e. The Hall–Kier alpha value is -4.62. The predicted molar refractivity (Wildman–Crippen MR) is 161 cm³/mol. The summed E-state index contributed by atoms with van der Waals surface area (Å²) < 4.78 is 2.48. The van der Waals surface area contributed by atoms with E-state index < -0.39 is 0 Å². The summed E-state index contributed by atoms with van der Waals surface area (Å²) >= 11 is 0. The van der Waals surface area contributed by atoms with Gasteiger partial charge in [-0.15, -0.1) is 0 Å². The van der Waals surface area contributed by atoms with Crippen LogP contribution in [0.4, 0.5) is 0 Å². The minimum absolute atomic E-state index is 0.0455. The van der Waals surface area contributed by atoms with Crippen LogP contribution in [0.2, 0.25) is 0 Å². The van der Waals surface area contributed by atoms with E-state index in [2.05, 4.69) is 146 Å². The fraction of sp³-hybridized carbons (Fsp3) is 0.0811. The van der Waals surface area contributed by atoms with E-state index in [1.807, 2.05) is 0 Å². The van der Waals surface area contributed by atoms with Crippen LogP contribution in [0.15, 0.2) is 127 Å². The largest absolute Gasteiger partial charge is 0.309 e. The first-order valence-corrected chi connectivity index (χ1v) is 13.4. The van der Waals surface area contributed by atoms with Gasteiger partial charge in [0.15, 0.2) is 0 Å². The molecule has 6 aromatic carbocycles. The molecule has 1 nitrogen and oxygen atoms in total. The second-order valence-electron chi connectivity index (χ2n) is 11.0. The molecular formula is C37H27N. The summed E-state index contributed by atoms with van der Waals surface area (Å²) in [7, 11) is 0. The van der Waals surface area contributed by atoms with Crippen LogP contribution in [-0.4, -0.2) is 4.57 Å². The second-order valence-corrected chi connectivity index (χ2v) is 11.0. The minimum atomic E-state index is -0.0455. The standard InChI is InChI=1S/C37H27N/c1-37(2)32-17-5-6-19-35(32)38-34-21-20-26(23-31(34)30-16-9-18-33(37)36(30)38)25-12-7-13-27(22-25)29-15-8-11-24-10-3-4-14-28(24)29/h3-23H,1-2H3. The molecule has 180 valence electrons. The molecule has 0 fully saturated rings. The van der Waals surface area contributed by atoms with Gasteiger partial charge in [0.05, 0.1) is 16.7 Å². The molecule has 1 aliphatic rings. The van der Waals surface area contributed by atoms with E-state index in [-0.39, 0.29) is 5.41 Å². The summed E-state index contributed by atoms with van der Waals surface area (Å²) in [5, 5.41) is 5.20. The van der Waals surface area contributed by atoms with Gasteiger partial charge >= 0.3 is 0 Å². The van der Waals surface area contributed by atoms with Crippen LogP contribution in [0.5, 0.6) is 0 Å². The molecule has 0 amide bonds. The third-order valence-electron chi connectivity index (χ3n) is 8.58. The zero-order valence-corrected chi connectivity index (χ0v) is 21.6. The quantitative estimate of drug-likeness (QED) is 0.230. The fourth-order valence-corrected chi connectivity index (χ4v) is 6.69. The highest BCUT2D eigenvalue weighted by Crippen LogP contribution is 2.47. The van der Waals surface area contributed by atoms with Crippen molar-refractivity contribution in [1.82, 2.24) is 4.57 Å². The zero-order chi connectivity index (χ0) is 25.4. The topological polar surface area (TPSA) is 4.93 Å². The van der Waals surface area contributed by atoms with Gasteiger partial charge in [0.1, 0.15) is 0 Å². The van der Waals surface area contributed by atoms with Gasteiger partial charge in [-0.1, -0.05) is 117 Å². The minimum Gasteiger partial charge on any atom is -0.309 e. The maximum atomic E-state index is 2.48. The van der Waals surface area contributed by atoms with Crippen molar-refractivity contribution >= 4 is 32.6 Å². The number of para-hydroxylation sites is 2. The molecule has 1 aliphatic heterocycles. The van der Waals surface area contributed by atoms with Crippen molar-refractivity contribution in [2.45, 2.75) is 19.3 Å². The first-order chi connectivity index (χ1) is 18.6. The summed E-state index contributed by atoms with van der Waals surface area (Å²) in [5.74, 6) is 0.